The van der Waals surface area contributed by atoms with Crippen LogP contribution in [0.25, 0.3) is 0 Å². The fourth-order valence-electron chi connectivity index (χ4n) is 2.65. The topological polar surface area (TPSA) is 82.6 Å². The highest BCUT2D eigenvalue weighted by molar-refractivity contribution is 6.01. The van der Waals surface area contributed by atoms with Gasteiger partial charge in [-0.1, -0.05) is 0 Å². The third kappa shape index (κ3) is 2.31. The Hall–Kier alpha value is -1.82. The molecule has 20 heavy (non-hydrogen) atoms. The number of amides is 1. The number of carbonyl (C=O) groups is 2. The Labute approximate surface area is 117 Å². The van der Waals surface area contributed by atoms with Gasteiger partial charge in [-0.2, -0.15) is 0 Å². The number of nitrogens with one attached hydrogen (secondary N) is 1. The molecule has 1 aliphatic rings. The number of aromatic nitrogens is 1. The van der Waals surface area contributed by atoms with E-state index in [1.54, 1.807) is 18.7 Å². The molecular weight excluding hydrogens is 260 g/mol. The molecule has 1 fully saturated rings. The highest BCUT2D eigenvalue weighted by atomic mass is 16.5. The number of morpholine rings is 1. The van der Waals surface area contributed by atoms with Crippen molar-refractivity contribution < 1.29 is 19.4 Å². The van der Waals surface area contributed by atoms with Crippen LogP contribution in [-0.4, -0.2) is 52.2 Å². The van der Waals surface area contributed by atoms with E-state index in [0.717, 1.165) is 0 Å². The van der Waals surface area contributed by atoms with Crippen LogP contribution in [0.1, 0.15) is 46.0 Å². The summed E-state index contributed by atoms with van der Waals surface area (Å²) >= 11 is 0. The second-order valence-electron chi connectivity index (χ2n) is 5.75. The second-order valence-corrected chi connectivity index (χ2v) is 5.75. The molecule has 1 aliphatic heterocycles. The first-order valence-corrected chi connectivity index (χ1v) is 6.58. The van der Waals surface area contributed by atoms with Crippen molar-refractivity contribution in [1.82, 2.24) is 9.88 Å². The molecule has 1 aromatic heterocycles. The van der Waals surface area contributed by atoms with Gasteiger partial charge in [-0.05, 0) is 33.3 Å². The monoisotopic (exact) mass is 280 g/mol. The zero-order chi connectivity index (χ0) is 15.1. The minimum atomic E-state index is -1.05. The lowest BCUT2D eigenvalue weighted by molar-refractivity contribution is -0.0371. The molecule has 110 valence electrons. The Kier molecular flexibility index (Phi) is 3.60. The third-order valence-electron chi connectivity index (χ3n) is 3.76. The molecule has 2 N–H and O–H groups in total. The smallest absolute Gasteiger partial charge is 0.352 e. The number of rotatable bonds is 2. The van der Waals surface area contributed by atoms with E-state index in [4.69, 9.17) is 9.84 Å². The van der Waals surface area contributed by atoms with Gasteiger partial charge < -0.3 is 19.7 Å². The number of hydrogen-bond acceptors (Lipinski definition) is 3. The lowest BCUT2D eigenvalue weighted by atomic mass is 9.99. The van der Waals surface area contributed by atoms with Gasteiger partial charge in [-0.3, -0.25) is 4.79 Å². The van der Waals surface area contributed by atoms with Crippen LogP contribution in [0.3, 0.4) is 0 Å². The Morgan fingerprint density at radius 3 is 2.50 bits per heavy atom. The summed E-state index contributed by atoms with van der Waals surface area (Å²) in [5.41, 5.74) is 1.22. The van der Waals surface area contributed by atoms with Gasteiger partial charge >= 0.3 is 5.97 Å². The predicted molar refractivity (Wildman–Crippen MR) is 73.2 cm³/mol. The number of hydrogen-bond donors (Lipinski definition) is 2. The largest absolute Gasteiger partial charge is 0.477 e. The van der Waals surface area contributed by atoms with Crippen molar-refractivity contribution in [1.29, 1.82) is 0 Å². The number of carbonyl (C=O) groups excluding carboxylic acids is 1. The van der Waals surface area contributed by atoms with Crippen molar-refractivity contribution in [3.8, 4) is 0 Å². The molecule has 0 aliphatic carbocycles. The van der Waals surface area contributed by atoms with Crippen LogP contribution in [0.2, 0.25) is 0 Å². The first-order chi connectivity index (χ1) is 9.25. The Bertz CT molecular complexity index is 560. The van der Waals surface area contributed by atoms with Crippen LogP contribution >= 0.6 is 0 Å². The highest BCUT2D eigenvalue weighted by Gasteiger charge is 2.36. The minimum absolute atomic E-state index is 0.0805. The number of aryl methyl sites for hydroxylation is 1. The highest BCUT2D eigenvalue weighted by Crippen LogP contribution is 2.26. The van der Waals surface area contributed by atoms with Crippen LogP contribution < -0.4 is 0 Å². The molecule has 6 heteroatoms. The fourth-order valence-corrected chi connectivity index (χ4v) is 2.65. The van der Waals surface area contributed by atoms with Gasteiger partial charge in [-0.25, -0.2) is 4.79 Å². The van der Waals surface area contributed by atoms with Crippen molar-refractivity contribution in [2.24, 2.45) is 0 Å². The molecule has 0 bridgehead atoms. The number of ether oxygens (including phenoxy) is 1. The number of aromatic carboxylic acids is 1. The van der Waals surface area contributed by atoms with E-state index in [1.807, 2.05) is 13.8 Å². The van der Waals surface area contributed by atoms with E-state index >= 15 is 0 Å². The van der Waals surface area contributed by atoms with E-state index in [-0.39, 0.29) is 11.6 Å². The van der Waals surface area contributed by atoms with Crippen LogP contribution in [0.15, 0.2) is 0 Å². The molecule has 1 aromatic rings. The fraction of sp³-hybridized carbons (Fsp3) is 0.571. The molecule has 0 atom stereocenters. The van der Waals surface area contributed by atoms with Gasteiger partial charge in [0.15, 0.2) is 0 Å². The summed E-state index contributed by atoms with van der Waals surface area (Å²) in [5, 5.41) is 9.12. The number of nitrogens with zero attached hydrogens (tertiary/aromatic N) is 1. The molecule has 0 spiro atoms. The van der Waals surface area contributed by atoms with E-state index in [2.05, 4.69) is 4.98 Å². The maximum Gasteiger partial charge on any atom is 0.352 e. The molecule has 2 rings (SSSR count). The van der Waals surface area contributed by atoms with Crippen LogP contribution in [0.4, 0.5) is 0 Å². The first kappa shape index (κ1) is 14.6. The van der Waals surface area contributed by atoms with Crippen molar-refractivity contribution in [3.05, 3.63) is 22.5 Å². The lowest BCUT2D eigenvalue weighted by Gasteiger charge is -2.42. The maximum absolute atomic E-state index is 12.8. The van der Waals surface area contributed by atoms with Gasteiger partial charge in [-0.15, -0.1) is 0 Å². The Morgan fingerprint density at radius 1 is 1.35 bits per heavy atom. The van der Waals surface area contributed by atoms with Gasteiger partial charge in [0, 0.05) is 12.2 Å². The summed E-state index contributed by atoms with van der Waals surface area (Å²) in [5.74, 6) is -1.19. The minimum Gasteiger partial charge on any atom is -0.477 e. The van der Waals surface area contributed by atoms with Crippen LogP contribution in [0, 0.1) is 13.8 Å². The van der Waals surface area contributed by atoms with Crippen molar-refractivity contribution in [2.45, 2.75) is 33.2 Å². The van der Waals surface area contributed by atoms with Crippen LogP contribution in [-0.2, 0) is 4.74 Å². The molecule has 2 heterocycles. The summed E-state index contributed by atoms with van der Waals surface area (Å²) in [4.78, 5) is 28.4. The quantitative estimate of drug-likeness (QED) is 0.861. The molecular formula is C14H20N2O4. The summed E-state index contributed by atoms with van der Waals surface area (Å²) in [7, 11) is 0. The molecule has 1 saturated heterocycles. The molecule has 0 saturated carbocycles. The number of H-pyrrole nitrogens is 1. The first-order valence-electron chi connectivity index (χ1n) is 6.58. The van der Waals surface area contributed by atoms with Gasteiger partial charge in [0.25, 0.3) is 5.91 Å². The van der Waals surface area contributed by atoms with Gasteiger partial charge in [0.2, 0.25) is 0 Å². The van der Waals surface area contributed by atoms with Gasteiger partial charge in [0.05, 0.1) is 24.3 Å². The van der Waals surface area contributed by atoms with E-state index in [1.165, 1.54) is 0 Å². The lowest BCUT2D eigenvalue weighted by Crippen LogP contribution is -2.55. The zero-order valence-electron chi connectivity index (χ0n) is 12.2. The number of carboxylic acids is 1. The third-order valence-corrected chi connectivity index (χ3v) is 3.76. The maximum atomic E-state index is 12.8. The van der Waals surface area contributed by atoms with Crippen molar-refractivity contribution >= 4 is 11.9 Å². The molecule has 0 aromatic carbocycles. The summed E-state index contributed by atoms with van der Waals surface area (Å²) in [6.45, 7) is 8.77. The summed E-state index contributed by atoms with van der Waals surface area (Å²) in [6, 6.07) is 0. The van der Waals surface area contributed by atoms with Crippen LogP contribution in [0.5, 0.6) is 0 Å². The van der Waals surface area contributed by atoms with Crippen molar-refractivity contribution in [3.63, 3.8) is 0 Å². The Balaban J connectivity index is 2.41. The average Bonchev–Trinajstić information content (AvgIpc) is 2.63. The molecule has 1 amide bonds. The van der Waals surface area contributed by atoms with E-state index in [0.29, 0.717) is 36.6 Å². The van der Waals surface area contributed by atoms with E-state index in [9.17, 15) is 9.59 Å². The molecule has 0 radical (unpaired) electrons. The normalized spacial score (nSPS) is 18.1. The van der Waals surface area contributed by atoms with Gasteiger partial charge in [0.1, 0.15) is 5.69 Å². The van der Waals surface area contributed by atoms with E-state index < -0.39 is 11.5 Å². The Morgan fingerprint density at radius 2 is 2.00 bits per heavy atom. The number of carboxylic acid groups (broad SMARTS) is 1. The number of aromatic amines is 1. The summed E-state index contributed by atoms with van der Waals surface area (Å²) < 4.78 is 5.41. The van der Waals surface area contributed by atoms with Crippen molar-refractivity contribution in [2.75, 3.05) is 19.8 Å². The average molecular weight is 280 g/mol. The molecule has 0 unspecified atom stereocenters. The SMILES string of the molecule is Cc1[nH]c(C(=O)O)c(C)c1C(=O)N1CCOCC1(C)C. The standard InChI is InChI=1S/C14H20N2O4/c1-8-10(9(2)15-11(8)13(18)19)12(17)16-5-6-20-7-14(16,3)4/h15H,5-7H2,1-4H3,(H,18,19). The molecule has 6 nitrogen and oxygen atoms in total. The summed E-state index contributed by atoms with van der Waals surface area (Å²) in [6.07, 6.45) is 0. The predicted octanol–water partition coefficient (Wildman–Crippen LogP) is 1.58. The zero-order valence-corrected chi connectivity index (χ0v) is 12.2. The second kappa shape index (κ2) is 4.94.